The third-order valence-corrected chi connectivity index (χ3v) is 14.0. The highest BCUT2D eigenvalue weighted by Crippen LogP contribution is 2.36. The predicted octanol–water partition coefficient (Wildman–Crippen LogP) is 4.99. The number of halogens is 3. The van der Waals surface area contributed by atoms with Crippen molar-refractivity contribution in [1.82, 2.24) is 49.8 Å². The number of fused-ring (bicyclic) bond motifs is 2. The summed E-state index contributed by atoms with van der Waals surface area (Å²) in [5, 5.41) is 8.43. The third-order valence-electron chi connectivity index (χ3n) is 14.0. The molecule has 5 amide bonds. The number of hydrogen-bond donors (Lipinski definition) is 3. The number of nitrogens with zero attached hydrogens (tertiary/aromatic N) is 9. The molecule has 0 unspecified atom stereocenters. The molecule has 5 aliphatic rings. The second-order valence-corrected chi connectivity index (χ2v) is 18.4. The van der Waals surface area contributed by atoms with E-state index < -0.39 is 47.4 Å². The van der Waals surface area contributed by atoms with E-state index in [4.69, 9.17) is 0 Å². The molecule has 4 fully saturated rings. The van der Waals surface area contributed by atoms with Crippen LogP contribution in [0.15, 0.2) is 73.3 Å². The summed E-state index contributed by atoms with van der Waals surface area (Å²) in [5.74, 6) is -1.36. The van der Waals surface area contributed by atoms with E-state index in [1.165, 1.54) is 18.5 Å². The van der Waals surface area contributed by atoms with Gasteiger partial charge in [-0.05, 0) is 119 Å². The number of amides is 5. The summed E-state index contributed by atoms with van der Waals surface area (Å²) in [4.78, 5) is 89.1. The Bertz CT molecular complexity index is 2740. The van der Waals surface area contributed by atoms with Gasteiger partial charge < -0.3 is 25.0 Å². The van der Waals surface area contributed by atoms with Crippen LogP contribution in [0.1, 0.15) is 93.4 Å². The van der Waals surface area contributed by atoms with Gasteiger partial charge in [-0.3, -0.25) is 39.1 Å². The van der Waals surface area contributed by atoms with Crippen molar-refractivity contribution in [2.45, 2.75) is 75.7 Å². The molecule has 17 nitrogen and oxygen atoms in total. The van der Waals surface area contributed by atoms with Gasteiger partial charge in [0.05, 0.1) is 17.5 Å². The average Bonchev–Trinajstić information content (AvgIpc) is 3.86. The minimum absolute atomic E-state index is 0.00390. The lowest BCUT2D eigenvalue weighted by Crippen LogP contribution is -2.54. The van der Waals surface area contributed by atoms with Crippen LogP contribution in [0.25, 0.3) is 11.2 Å². The zero-order chi connectivity index (χ0) is 47.1. The number of rotatable bonds is 13. The number of nitrogens with one attached hydrogen (secondary N) is 3. The molecule has 20 heteroatoms. The second-order valence-electron chi connectivity index (χ2n) is 18.4. The number of pyridine rings is 1. The molecule has 3 N–H and O–H groups in total. The fraction of sp³-hybridized carbons (Fsp3) is 0.438. The summed E-state index contributed by atoms with van der Waals surface area (Å²) in [6.07, 6.45) is 3.68. The van der Waals surface area contributed by atoms with Crippen molar-refractivity contribution in [1.29, 1.82) is 0 Å². The quantitative estimate of drug-likeness (QED) is 0.134. The maximum Gasteiger partial charge on any atom is 0.433 e. The fourth-order valence-electron chi connectivity index (χ4n) is 10.2. The van der Waals surface area contributed by atoms with Gasteiger partial charge in [-0.15, -0.1) is 0 Å². The zero-order valence-electron chi connectivity index (χ0n) is 37.3. The maximum atomic E-state index is 13.5. The first-order valence-corrected chi connectivity index (χ1v) is 23.3. The van der Waals surface area contributed by atoms with E-state index in [1.54, 1.807) is 18.5 Å². The summed E-state index contributed by atoms with van der Waals surface area (Å²) in [5.41, 5.74) is 3.41. The Morgan fingerprint density at radius 2 is 1.59 bits per heavy atom. The lowest BCUT2D eigenvalue weighted by atomic mass is 9.86. The number of piperidine rings is 2. The van der Waals surface area contributed by atoms with Crippen LogP contribution in [0.3, 0.4) is 0 Å². The number of carbonyl (C=O) groups excluding carboxylic acids is 5. The van der Waals surface area contributed by atoms with Gasteiger partial charge in [0.2, 0.25) is 11.8 Å². The Hall–Kier alpha value is -6.80. The van der Waals surface area contributed by atoms with Gasteiger partial charge in [-0.2, -0.15) is 13.2 Å². The molecule has 2 aromatic carbocycles. The number of imide groups is 2. The average molecular weight is 933 g/mol. The number of aromatic nitrogens is 5. The molecule has 0 spiro atoms. The van der Waals surface area contributed by atoms with E-state index in [1.807, 2.05) is 22.8 Å². The van der Waals surface area contributed by atoms with Crippen LogP contribution in [0, 0.1) is 5.92 Å². The van der Waals surface area contributed by atoms with Crippen molar-refractivity contribution in [3.8, 4) is 0 Å². The number of hydrogen-bond acceptors (Lipinski definition) is 13. The number of imidazole rings is 1. The van der Waals surface area contributed by atoms with Crippen molar-refractivity contribution in [2.75, 3.05) is 62.6 Å². The van der Waals surface area contributed by atoms with Gasteiger partial charge >= 0.3 is 6.18 Å². The normalized spacial score (nSPS) is 21.8. The molecule has 5 aromatic rings. The highest BCUT2D eigenvalue weighted by molar-refractivity contribution is 6.24. The van der Waals surface area contributed by atoms with Crippen molar-refractivity contribution in [3.05, 3.63) is 101 Å². The van der Waals surface area contributed by atoms with Gasteiger partial charge in [0, 0.05) is 62.6 Å². The van der Waals surface area contributed by atoms with Crippen LogP contribution in [0.5, 0.6) is 0 Å². The van der Waals surface area contributed by atoms with Gasteiger partial charge in [0.15, 0.2) is 17.0 Å². The minimum Gasteiger partial charge on any atom is -0.369 e. The molecule has 4 aliphatic heterocycles. The monoisotopic (exact) mass is 932 g/mol. The van der Waals surface area contributed by atoms with E-state index in [9.17, 15) is 37.1 Å². The standard InChI is InChI=1S/C48H51F3N12O5/c49-48(50,51)38-8-2-7-36(57-38)44(65)56-32-24-34(25-32)62-28-54-41-42(52-27-53-43(41)62)55-31-9-11-33(12-10-31)61-22-20-60(21-23-61)26-29-15-18-59(19-16-29)17-3-5-30-4-1-6-35-40(30)47(68)63(46(35)67)37-13-14-39(64)58-45(37)66/h1-2,4,6-12,27-29,32,34,37H,3,5,13-26H2,(H,56,65)(H,52,53,55)(H,58,64,66)/t32?,34?,37-/m0/s1. The highest BCUT2D eigenvalue weighted by Gasteiger charge is 2.45. The molecule has 3 saturated heterocycles. The summed E-state index contributed by atoms with van der Waals surface area (Å²) in [7, 11) is 0. The topological polar surface area (TPSA) is 191 Å². The number of aryl methyl sites for hydroxylation is 1. The lowest BCUT2D eigenvalue weighted by molar-refractivity contribution is -0.141. The summed E-state index contributed by atoms with van der Waals surface area (Å²) in [6, 6.07) is 15.7. The van der Waals surface area contributed by atoms with Crippen LogP contribution in [0.4, 0.5) is 30.4 Å². The first-order valence-electron chi connectivity index (χ1n) is 23.3. The number of alkyl halides is 3. The lowest BCUT2D eigenvalue weighted by Gasteiger charge is -2.39. The molecular formula is C48H51F3N12O5. The number of anilines is 3. The second kappa shape index (κ2) is 18.7. The van der Waals surface area contributed by atoms with Crippen LogP contribution < -0.4 is 20.9 Å². The van der Waals surface area contributed by atoms with Gasteiger partial charge in [0.1, 0.15) is 23.8 Å². The molecule has 1 saturated carbocycles. The van der Waals surface area contributed by atoms with Crippen LogP contribution >= 0.6 is 0 Å². The SMILES string of the molecule is O=C1CC[C@H](N2C(=O)c3cccc(CCCN4CCC(CN5CCN(c6ccc(Nc7ncnc8c7ncn8C7CC(NC(=O)c8cccc(C(F)(F)F)n8)C7)cc6)CC5)CC4)c3C2=O)C(=O)N1. The van der Waals surface area contributed by atoms with E-state index in [-0.39, 0.29) is 30.6 Å². The zero-order valence-corrected chi connectivity index (χ0v) is 37.3. The van der Waals surface area contributed by atoms with Crippen molar-refractivity contribution < 1.29 is 37.1 Å². The molecule has 1 atom stereocenters. The van der Waals surface area contributed by atoms with Crippen molar-refractivity contribution >= 4 is 57.9 Å². The third kappa shape index (κ3) is 9.25. The summed E-state index contributed by atoms with van der Waals surface area (Å²) in [6.45, 7) is 7.90. The van der Waals surface area contributed by atoms with E-state index in [0.29, 0.717) is 53.3 Å². The molecule has 0 radical (unpaired) electrons. The first-order chi connectivity index (χ1) is 32.9. The van der Waals surface area contributed by atoms with Crippen LogP contribution in [-0.4, -0.2) is 133 Å². The van der Waals surface area contributed by atoms with Crippen LogP contribution in [0.2, 0.25) is 0 Å². The molecular weight excluding hydrogens is 882 g/mol. The molecule has 3 aromatic heterocycles. The van der Waals surface area contributed by atoms with Crippen molar-refractivity contribution in [2.24, 2.45) is 5.92 Å². The van der Waals surface area contributed by atoms with E-state index in [0.717, 1.165) is 99.5 Å². The number of likely N-dealkylation sites (tertiary alicyclic amines) is 1. The van der Waals surface area contributed by atoms with Crippen LogP contribution in [-0.2, 0) is 22.2 Å². The van der Waals surface area contributed by atoms with Gasteiger partial charge in [-0.25, -0.2) is 19.9 Å². The van der Waals surface area contributed by atoms with E-state index >= 15 is 0 Å². The summed E-state index contributed by atoms with van der Waals surface area (Å²) >= 11 is 0. The smallest absolute Gasteiger partial charge is 0.369 e. The molecule has 68 heavy (non-hydrogen) atoms. The van der Waals surface area contributed by atoms with Gasteiger partial charge in [0.25, 0.3) is 17.7 Å². The largest absolute Gasteiger partial charge is 0.433 e. The summed E-state index contributed by atoms with van der Waals surface area (Å²) < 4.78 is 41.2. The molecule has 10 rings (SSSR count). The van der Waals surface area contributed by atoms with E-state index in [2.05, 4.69) is 62.7 Å². The van der Waals surface area contributed by atoms with Crippen molar-refractivity contribution in [3.63, 3.8) is 0 Å². The molecule has 1 aliphatic carbocycles. The Labute approximate surface area is 389 Å². The molecule has 354 valence electrons. The minimum atomic E-state index is -4.63. The fourth-order valence-corrected chi connectivity index (χ4v) is 10.2. The molecule has 7 heterocycles. The molecule has 0 bridgehead atoms. The predicted molar refractivity (Wildman–Crippen MR) is 243 cm³/mol. The number of piperazine rings is 1. The highest BCUT2D eigenvalue weighted by atomic mass is 19.4. The first kappa shape index (κ1) is 45.0. The Morgan fingerprint density at radius 1 is 0.824 bits per heavy atom. The van der Waals surface area contributed by atoms with Gasteiger partial charge in [-0.1, -0.05) is 18.2 Å². The maximum absolute atomic E-state index is 13.5. The Balaban J connectivity index is 0.646. The Kier molecular flexibility index (Phi) is 12.4. The Morgan fingerprint density at radius 3 is 2.34 bits per heavy atom. The number of benzene rings is 2. The number of carbonyl (C=O) groups is 5.